The molecule has 0 aromatic heterocycles. The average molecular weight is 375 g/mol. The molecule has 4 aliphatic rings. The lowest BCUT2D eigenvalue weighted by Gasteiger charge is -2.56. The van der Waals surface area contributed by atoms with Crippen molar-refractivity contribution in [2.75, 3.05) is 13.1 Å². The molecule has 0 unspecified atom stereocenters. The zero-order valence-electron chi connectivity index (χ0n) is 15.1. The van der Waals surface area contributed by atoms with Gasteiger partial charge in [0.15, 0.2) is 0 Å². The normalized spacial score (nSPS) is 31.7. The first kappa shape index (κ1) is 17.8. The lowest BCUT2D eigenvalue weighted by Crippen LogP contribution is -2.48. The first-order valence-corrected chi connectivity index (χ1v) is 10.2. The summed E-state index contributed by atoms with van der Waals surface area (Å²) in [5.74, 6) is 2.53. The monoisotopic (exact) mass is 374 g/mol. The molecule has 140 valence electrons. The van der Waals surface area contributed by atoms with Crippen molar-refractivity contribution >= 4 is 23.4 Å². The third-order valence-electron chi connectivity index (χ3n) is 6.55. The highest BCUT2D eigenvalue weighted by Gasteiger charge is 2.51. The third kappa shape index (κ3) is 3.75. The molecule has 2 amide bonds. The zero-order chi connectivity index (χ0) is 18.1. The van der Waals surface area contributed by atoms with E-state index in [0.717, 1.165) is 17.8 Å². The van der Waals surface area contributed by atoms with Crippen molar-refractivity contribution < 1.29 is 9.59 Å². The van der Waals surface area contributed by atoms with Crippen molar-refractivity contribution in [1.29, 1.82) is 0 Å². The van der Waals surface area contributed by atoms with Crippen LogP contribution < -0.4 is 10.6 Å². The molecule has 0 atom stereocenters. The van der Waals surface area contributed by atoms with Gasteiger partial charge in [0.05, 0.1) is 10.6 Å². The number of halogens is 1. The van der Waals surface area contributed by atoms with E-state index in [-0.39, 0.29) is 17.2 Å². The molecule has 0 heterocycles. The molecular formula is C21H27ClN2O2. The average Bonchev–Trinajstić information content (AvgIpc) is 2.57. The summed E-state index contributed by atoms with van der Waals surface area (Å²) in [4.78, 5) is 24.6. The van der Waals surface area contributed by atoms with Gasteiger partial charge in [0.25, 0.3) is 5.91 Å². The SMILES string of the molecule is O=C(CC12CC3CC(CC(C3)C1)C2)NCCNC(=O)c1ccccc1Cl. The highest BCUT2D eigenvalue weighted by Crippen LogP contribution is 2.61. The summed E-state index contributed by atoms with van der Waals surface area (Å²) in [6, 6.07) is 6.98. The van der Waals surface area contributed by atoms with E-state index in [1.165, 1.54) is 38.5 Å². The van der Waals surface area contributed by atoms with Crippen molar-refractivity contribution in [3.8, 4) is 0 Å². The largest absolute Gasteiger partial charge is 0.354 e. The Labute approximate surface area is 160 Å². The molecule has 4 nitrogen and oxygen atoms in total. The van der Waals surface area contributed by atoms with Gasteiger partial charge in [0.1, 0.15) is 0 Å². The molecule has 4 bridgehead atoms. The molecule has 1 aromatic carbocycles. The Kier molecular flexibility index (Phi) is 4.96. The second-order valence-electron chi connectivity index (χ2n) is 8.68. The lowest BCUT2D eigenvalue weighted by molar-refractivity contribution is -0.129. The van der Waals surface area contributed by atoms with Crippen LogP contribution in [0.2, 0.25) is 5.02 Å². The number of nitrogens with one attached hydrogen (secondary N) is 2. The molecule has 26 heavy (non-hydrogen) atoms. The van der Waals surface area contributed by atoms with Crippen molar-refractivity contribution in [1.82, 2.24) is 10.6 Å². The van der Waals surface area contributed by atoms with Crippen molar-refractivity contribution in [3.05, 3.63) is 34.9 Å². The van der Waals surface area contributed by atoms with Gasteiger partial charge in [0, 0.05) is 19.5 Å². The van der Waals surface area contributed by atoms with Crippen LogP contribution in [-0.2, 0) is 4.79 Å². The summed E-state index contributed by atoms with van der Waals surface area (Å²) in [5.41, 5.74) is 0.730. The zero-order valence-corrected chi connectivity index (χ0v) is 15.9. The first-order valence-electron chi connectivity index (χ1n) is 9.82. The summed E-state index contributed by atoms with van der Waals surface area (Å²) in [7, 11) is 0. The number of hydrogen-bond donors (Lipinski definition) is 2. The molecule has 0 saturated heterocycles. The van der Waals surface area contributed by atoms with E-state index in [0.29, 0.717) is 30.1 Å². The van der Waals surface area contributed by atoms with Crippen LogP contribution in [0.5, 0.6) is 0 Å². The molecule has 4 fully saturated rings. The molecule has 1 aromatic rings. The summed E-state index contributed by atoms with van der Waals surface area (Å²) < 4.78 is 0. The molecule has 0 radical (unpaired) electrons. The Balaban J connectivity index is 1.21. The topological polar surface area (TPSA) is 58.2 Å². The van der Waals surface area contributed by atoms with E-state index < -0.39 is 0 Å². The van der Waals surface area contributed by atoms with Crippen molar-refractivity contribution in [3.63, 3.8) is 0 Å². The molecule has 4 saturated carbocycles. The molecule has 0 spiro atoms. The standard InChI is InChI=1S/C21H27ClN2O2/c22-18-4-2-1-3-17(18)20(26)24-6-5-23-19(25)13-21-10-14-7-15(11-21)9-16(8-14)12-21/h1-4,14-16H,5-13H2,(H,23,25)(H,24,26). The minimum Gasteiger partial charge on any atom is -0.354 e. The van der Waals surface area contributed by atoms with E-state index in [2.05, 4.69) is 10.6 Å². The van der Waals surface area contributed by atoms with Gasteiger partial charge >= 0.3 is 0 Å². The molecule has 4 aliphatic carbocycles. The lowest BCUT2D eigenvalue weighted by atomic mass is 9.49. The second-order valence-corrected chi connectivity index (χ2v) is 9.09. The van der Waals surface area contributed by atoms with Crippen molar-refractivity contribution in [2.24, 2.45) is 23.2 Å². The van der Waals surface area contributed by atoms with E-state index >= 15 is 0 Å². The fourth-order valence-corrected chi connectivity index (χ4v) is 6.25. The van der Waals surface area contributed by atoms with E-state index in [4.69, 9.17) is 11.6 Å². The molecular weight excluding hydrogens is 348 g/mol. The van der Waals surface area contributed by atoms with Crippen LogP contribution in [0.3, 0.4) is 0 Å². The minimum absolute atomic E-state index is 0.138. The van der Waals surface area contributed by atoms with Gasteiger partial charge in [-0.3, -0.25) is 9.59 Å². The van der Waals surface area contributed by atoms with Crippen LogP contribution in [-0.4, -0.2) is 24.9 Å². The quantitative estimate of drug-likeness (QED) is 0.744. The van der Waals surface area contributed by atoms with E-state index in [1.54, 1.807) is 24.3 Å². The van der Waals surface area contributed by atoms with Crippen LogP contribution in [0.1, 0.15) is 55.3 Å². The maximum Gasteiger partial charge on any atom is 0.252 e. The first-order chi connectivity index (χ1) is 12.5. The summed E-state index contributed by atoms with van der Waals surface area (Å²) in [5, 5.41) is 6.25. The number of hydrogen-bond acceptors (Lipinski definition) is 2. The third-order valence-corrected chi connectivity index (χ3v) is 6.88. The van der Waals surface area contributed by atoms with Crippen LogP contribution >= 0.6 is 11.6 Å². The van der Waals surface area contributed by atoms with Gasteiger partial charge in [-0.15, -0.1) is 0 Å². The number of amides is 2. The summed E-state index contributed by atoms with van der Waals surface area (Å²) >= 11 is 6.02. The number of rotatable bonds is 6. The van der Waals surface area contributed by atoms with Crippen LogP contribution in [0, 0.1) is 23.2 Å². The highest BCUT2D eigenvalue weighted by molar-refractivity contribution is 6.33. The summed E-state index contributed by atoms with van der Waals surface area (Å²) in [6.07, 6.45) is 8.59. The van der Waals surface area contributed by atoms with E-state index in [1.807, 2.05) is 0 Å². The Bertz CT molecular complexity index is 668. The fourth-order valence-electron chi connectivity index (χ4n) is 6.03. The Morgan fingerprint density at radius 3 is 2.15 bits per heavy atom. The predicted molar refractivity (Wildman–Crippen MR) is 102 cm³/mol. The van der Waals surface area contributed by atoms with Gasteiger partial charge in [-0.2, -0.15) is 0 Å². The maximum absolute atomic E-state index is 12.5. The highest BCUT2D eigenvalue weighted by atomic mass is 35.5. The van der Waals surface area contributed by atoms with Crippen LogP contribution in [0.4, 0.5) is 0 Å². The van der Waals surface area contributed by atoms with Gasteiger partial charge in [-0.25, -0.2) is 0 Å². The number of carbonyl (C=O) groups is 2. The van der Waals surface area contributed by atoms with Gasteiger partial charge in [0.2, 0.25) is 5.91 Å². The predicted octanol–water partition coefficient (Wildman–Crippen LogP) is 3.79. The van der Waals surface area contributed by atoms with Crippen LogP contribution in [0.15, 0.2) is 24.3 Å². The maximum atomic E-state index is 12.5. The Morgan fingerprint density at radius 2 is 1.54 bits per heavy atom. The van der Waals surface area contributed by atoms with Crippen molar-refractivity contribution in [2.45, 2.75) is 44.9 Å². The second kappa shape index (κ2) is 7.22. The van der Waals surface area contributed by atoms with Gasteiger partial charge < -0.3 is 10.6 Å². The molecule has 2 N–H and O–H groups in total. The fraction of sp³-hybridized carbons (Fsp3) is 0.619. The van der Waals surface area contributed by atoms with Crippen LogP contribution in [0.25, 0.3) is 0 Å². The minimum atomic E-state index is -0.203. The molecule has 5 rings (SSSR count). The summed E-state index contributed by atoms with van der Waals surface area (Å²) in [6.45, 7) is 0.873. The molecule has 0 aliphatic heterocycles. The number of benzene rings is 1. The van der Waals surface area contributed by atoms with E-state index in [9.17, 15) is 9.59 Å². The number of carbonyl (C=O) groups excluding carboxylic acids is 2. The van der Waals surface area contributed by atoms with Gasteiger partial charge in [-0.05, 0) is 73.8 Å². The molecule has 5 heteroatoms. The Hall–Kier alpha value is -1.55. The van der Waals surface area contributed by atoms with Gasteiger partial charge in [-0.1, -0.05) is 23.7 Å². The smallest absolute Gasteiger partial charge is 0.252 e. The Morgan fingerprint density at radius 1 is 0.962 bits per heavy atom.